The smallest absolute Gasteiger partial charge is 0.268 e. The van der Waals surface area contributed by atoms with Gasteiger partial charge in [-0.2, -0.15) is 0 Å². The maximum absolute atomic E-state index is 12.3. The van der Waals surface area contributed by atoms with E-state index in [4.69, 9.17) is 4.74 Å². The number of ether oxygens (including phenoxy) is 1. The third-order valence-electron chi connectivity index (χ3n) is 5.65. The molecule has 7 nitrogen and oxygen atoms in total. The van der Waals surface area contributed by atoms with Gasteiger partial charge in [0.15, 0.2) is 11.0 Å². The lowest BCUT2D eigenvalue weighted by Gasteiger charge is -2.25. The molecule has 31 heavy (non-hydrogen) atoms. The van der Waals surface area contributed by atoms with Crippen LogP contribution in [0.3, 0.4) is 0 Å². The van der Waals surface area contributed by atoms with Gasteiger partial charge in [-0.3, -0.25) is 9.36 Å². The van der Waals surface area contributed by atoms with Crippen LogP contribution in [-0.2, 0) is 5.75 Å². The first-order valence-electron chi connectivity index (χ1n) is 10.4. The summed E-state index contributed by atoms with van der Waals surface area (Å²) in [5.74, 6) is 2.90. The molecule has 160 valence electrons. The Morgan fingerprint density at radius 2 is 1.97 bits per heavy atom. The van der Waals surface area contributed by atoms with E-state index < -0.39 is 0 Å². The Bertz CT molecular complexity index is 1240. The van der Waals surface area contributed by atoms with Crippen LogP contribution in [0.2, 0.25) is 0 Å². The SMILES string of the molecule is COc1ccc(-c2nnc(SCc3nc4ccsc4c(=O)[nH]3)n2C2CCCCC2)cc1. The van der Waals surface area contributed by atoms with Gasteiger partial charge in [0.1, 0.15) is 16.3 Å². The van der Waals surface area contributed by atoms with Crippen LogP contribution in [0.25, 0.3) is 21.6 Å². The number of thioether (sulfide) groups is 1. The van der Waals surface area contributed by atoms with Crippen LogP contribution in [0.1, 0.15) is 44.0 Å². The molecule has 5 rings (SSSR count). The van der Waals surface area contributed by atoms with Crippen molar-refractivity contribution in [1.29, 1.82) is 0 Å². The Kier molecular flexibility index (Phi) is 5.78. The topological polar surface area (TPSA) is 85.7 Å². The molecule has 4 aromatic rings. The molecule has 1 saturated carbocycles. The zero-order valence-corrected chi connectivity index (χ0v) is 18.8. The van der Waals surface area contributed by atoms with Gasteiger partial charge >= 0.3 is 0 Å². The maximum atomic E-state index is 12.3. The summed E-state index contributed by atoms with van der Waals surface area (Å²) in [4.78, 5) is 19.8. The molecule has 1 N–H and O–H groups in total. The molecular formula is C22H23N5O2S2. The highest BCUT2D eigenvalue weighted by Gasteiger charge is 2.24. The summed E-state index contributed by atoms with van der Waals surface area (Å²) >= 11 is 2.99. The summed E-state index contributed by atoms with van der Waals surface area (Å²) in [6, 6.07) is 10.2. The fourth-order valence-corrected chi connectivity index (χ4v) is 5.70. The van der Waals surface area contributed by atoms with E-state index in [1.54, 1.807) is 18.9 Å². The van der Waals surface area contributed by atoms with Gasteiger partial charge in [0.25, 0.3) is 5.56 Å². The highest BCUT2D eigenvalue weighted by Crippen LogP contribution is 2.36. The molecule has 1 aliphatic rings. The van der Waals surface area contributed by atoms with E-state index in [0.29, 0.717) is 22.3 Å². The highest BCUT2D eigenvalue weighted by atomic mass is 32.2. The zero-order valence-electron chi connectivity index (χ0n) is 17.2. The van der Waals surface area contributed by atoms with E-state index in [2.05, 4.69) is 24.7 Å². The van der Waals surface area contributed by atoms with Crippen LogP contribution in [0.15, 0.2) is 45.7 Å². The minimum Gasteiger partial charge on any atom is -0.497 e. The number of nitrogens with zero attached hydrogens (tertiary/aromatic N) is 4. The summed E-state index contributed by atoms with van der Waals surface area (Å²) in [6.07, 6.45) is 5.98. The van der Waals surface area contributed by atoms with Crippen LogP contribution in [0, 0.1) is 0 Å². The van der Waals surface area contributed by atoms with Gasteiger partial charge in [-0.1, -0.05) is 31.0 Å². The average Bonchev–Trinajstić information content (AvgIpc) is 3.46. The van der Waals surface area contributed by atoms with Crippen LogP contribution in [-0.4, -0.2) is 31.8 Å². The molecule has 0 saturated heterocycles. The minimum atomic E-state index is -0.0803. The Morgan fingerprint density at radius 3 is 2.74 bits per heavy atom. The molecule has 0 radical (unpaired) electrons. The van der Waals surface area contributed by atoms with Crippen molar-refractivity contribution in [3.05, 3.63) is 51.9 Å². The summed E-state index contributed by atoms with van der Waals surface area (Å²) in [5.41, 5.74) is 1.69. The molecule has 3 heterocycles. The molecule has 1 aliphatic carbocycles. The number of rotatable bonds is 6. The number of benzene rings is 1. The number of methoxy groups -OCH3 is 1. The molecule has 0 atom stereocenters. The molecule has 1 fully saturated rings. The van der Waals surface area contributed by atoms with E-state index >= 15 is 0 Å². The fourth-order valence-electron chi connectivity index (χ4n) is 4.10. The molecule has 0 spiro atoms. The molecule has 9 heteroatoms. The van der Waals surface area contributed by atoms with Crippen molar-refractivity contribution in [1.82, 2.24) is 24.7 Å². The summed E-state index contributed by atoms with van der Waals surface area (Å²) in [7, 11) is 1.67. The number of hydrogen-bond acceptors (Lipinski definition) is 7. The average molecular weight is 454 g/mol. The third kappa shape index (κ3) is 4.12. The Balaban J connectivity index is 1.46. The van der Waals surface area contributed by atoms with Gasteiger partial charge < -0.3 is 9.72 Å². The van der Waals surface area contributed by atoms with E-state index in [-0.39, 0.29) is 5.56 Å². The number of aromatic amines is 1. The number of aromatic nitrogens is 5. The molecule has 0 aliphatic heterocycles. The first-order chi connectivity index (χ1) is 15.2. The quantitative estimate of drug-likeness (QED) is 0.411. The largest absolute Gasteiger partial charge is 0.497 e. The second-order valence-corrected chi connectivity index (χ2v) is 9.49. The lowest BCUT2D eigenvalue weighted by Crippen LogP contribution is -2.15. The fraction of sp³-hybridized carbons (Fsp3) is 0.364. The van der Waals surface area contributed by atoms with E-state index in [1.807, 2.05) is 35.7 Å². The Labute approximate surface area is 187 Å². The summed E-state index contributed by atoms with van der Waals surface area (Å²) in [6.45, 7) is 0. The van der Waals surface area contributed by atoms with Crippen molar-refractivity contribution in [2.45, 2.75) is 49.1 Å². The normalized spacial score (nSPS) is 14.9. The lowest BCUT2D eigenvalue weighted by molar-refractivity contribution is 0.339. The van der Waals surface area contributed by atoms with Crippen molar-refractivity contribution in [3.63, 3.8) is 0 Å². The van der Waals surface area contributed by atoms with Crippen molar-refractivity contribution < 1.29 is 4.74 Å². The maximum Gasteiger partial charge on any atom is 0.268 e. The number of nitrogens with one attached hydrogen (secondary N) is 1. The summed E-state index contributed by atoms with van der Waals surface area (Å²) in [5, 5.41) is 11.8. The molecule has 0 unspecified atom stereocenters. The Morgan fingerprint density at radius 1 is 1.16 bits per heavy atom. The monoisotopic (exact) mass is 453 g/mol. The number of thiophene rings is 1. The molecule has 0 amide bonds. The summed E-state index contributed by atoms with van der Waals surface area (Å²) < 4.78 is 8.25. The first-order valence-corrected chi connectivity index (χ1v) is 12.3. The van der Waals surface area contributed by atoms with Crippen molar-refractivity contribution in [3.8, 4) is 17.1 Å². The lowest BCUT2D eigenvalue weighted by atomic mass is 9.95. The first kappa shape index (κ1) is 20.3. The number of fused-ring (bicyclic) bond motifs is 1. The van der Waals surface area contributed by atoms with Crippen LogP contribution in [0.5, 0.6) is 5.75 Å². The predicted octanol–water partition coefficient (Wildman–Crippen LogP) is 5.05. The minimum absolute atomic E-state index is 0.0803. The van der Waals surface area contributed by atoms with Gasteiger partial charge in [-0.05, 0) is 48.6 Å². The molecule has 3 aromatic heterocycles. The zero-order chi connectivity index (χ0) is 21.2. The second kappa shape index (κ2) is 8.84. The highest BCUT2D eigenvalue weighted by molar-refractivity contribution is 7.98. The van der Waals surface area contributed by atoms with Gasteiger partial charge in [0.2, 0.25) is 0 Å². The Hall–Kier alpha value is -2.65. The van der Waals surface area contributed by atoms with Gasteiger partial charge in [0, 0.05) is 11.6 Å². The van der Waals surface area contributed by atoms with E-state index in [0.717, 1.165) is 40.7 Å². The van der Waals surface area contributed by atoms with Gasteiger partial charge in [-0.25, -0.2) is 4.98 Å². The van der Waals surface area contributed by atoms with E-state index in [1.165, 1.54) is 30.6 Å². The number of H-pyrrole nitrogens is 1. The van der Waals surface area contributed by atoms with Gasteiger partial charge in [0.05, 0.1) is 18.4 Å². The van der Waals surface area contributed by atoms with Crippen LogP contribution in [0.4, 0.5) is 0 Å². The molecule has 0 bridgehead atoms. The third-order valence-corrected chi connectivity index (χ3v) is 7.51. The predicted molar refractivity (Wildman–Crippen MR) is 124 cm³/mol. The van der Waals surface area contributed by atoms with Crippen molar-refractivity contribution >= 4 is 33.3 Å². The van der Waals surface area contributed by atoms with E-state index in [9.17, 15) is 4.79 Å². The van der Waals surface area contributed by atoms with Gasteiger partial charge in [-0.15, -0.1) is 21.5 Å². The van der Waals surface area contributed by atoms with Crippen molar-refractivity contribution in [2.24, 2.45) is 0 Å². The van der Waals surface area contributed by atoms with Crippen LogP contribution < -0.4 is 10.3 Å². The number of hydrogen-bond donors (Lipinski definition) is 1. The van der Waals surface area contributed by atoms with Crippen molar-refractivity contribution in [2.75, 3.05) is 7.11 Å². The molecule has 1 aromatic carbocycles. The van der Waals surface area contributed by atoms with Crippen LogP contribution >= 0.6 is 23.1 Å². The molecular weight excluding hydrogens is 430 g/mol. The second-order valence-electron chi connectivity index (χ2n) is 7.63. The standard InChI is InChI=1S/C22H23N5O2S2/c1-29-16-9-7-14(8-10-16)20-25-26-22(27(20)15-5-3-2-4-6-15)31-13-18-23-17-11-12-30-19(17)21(28)24-18/h7-12,15H,2-6,13H2,1H3,(H,23,24,28).